The molecule has 7 rings (SSSR count). The second-order valence-electron chi connectivity index (χ2n) is 12.5. The second kappa shape index (κ2) is 13.3. The quantitative estimate of drug-likeness (QED) is 0.254. The summed E-state index contributed by atoms with van der Waals surface area (Å²) in [7, 11) is 0. The van der Waals surface area contributed by atoms with Crippen LogP contribution in [0.2, 0.25) is 0 Å². The minimum atomic E-state index is -0.296. The van der Waals surface area contributed by atoms with Gasteiger partial charge in [-0.25, -0.2) is 9.37 Å². The van der Waals surface area contributed by atoms with Crippen molar-refractivity contribution in [2.24, 2.45) is 5.92 Å². The Morgan fingerprint density at radius 3 is 2.80 bits per heavy atom. The molecule has 2 aliphatic heterocycles. The molecular formula is C35H39FN6O2S. The van der Waals surface area contributed by atoms with E-state index in [1.165, 1.54) is 24.5 Å². The van der Waals surface area contributed by atoms with Crippen LogP contribution >= 0.6 is 11.3 Å². The molecule has 5 heterocycles. The average Bonchev–Trinajstić information content (AvgIpc) is 3.75. The van der Waals surface area contributed by atoms with Crippen molar-refractivity contribution in [1.29, 1.82) is 0 Å². The second-order valence-corrected chi connectivity index (χ2v) is 13.5. The number of pyridine rings is 1. The molecule has 3 aromatic heterocycles. The molecule has 1 atom stereocenters. The van der Waals surface area contributed by atoms with Crippen molar-refractivity contribution >= 4 is 39.7 Å². The number of hydrogen-bond acceptors (Lipinski definition) is 8. The third-order valence-corrected chi connectivity index (χ3v) is 10.2. The van der Waals surface area contributed by atoms with Crippen LogP contribution in [0.5, 0.6) is 0 Å². The van der Waals surface area contributed by atoms with E-state index in [0.29, 0.717) is 53.0 Å². The minimum Gasteiger partial charge on any atom is -0.381 e. The van der Waals surface area contributed by atoms with Gasteiger partial charge in [0.15, 0.2) is 0 Å². The van der Waals surface area contributed by atoms with Crippen LogP contribution in [0.4, 0.5) is 21.7 Å². The van der Waals surface area contributed by atoms with E-state index in [1.807, 2.05) is 12.1 Å². The zero-order valence-electron chi connectivity index (χ0n) is 25.7. The van der Waals surface area contributed by atoms with E-state index < -0.39 is 0 Å². The Labute approximate surface area is 267 Å². The summed E-state index contributed by atoms with van der Waals surface area (Å²) in [6.07, 6.45) is 8.25. The lowest BCUT2D eigenvalue weighted by Gasteiger charge is -2.33. The van der Waals surface area contributed by atoms with Crippen molar-refractivity contribution in [3.8, 4) is 11.8 Å². The first-order chi connectivity index (χ1) is 22.0. The molecule has 1 saturated carbocycles. The minimum absolute atomic E-state index is 0.148. The molecule has 8 nitrogen and oxygen atoms in total. The highest BCUT2D eigenvalue weighted by molar-refractivity contribution is 7.10. The number of halogens is 1. The maximum atomic E-state index is 15.3. The molecule has 4 aromatic rings. The van der Waals surface area contributed by atoms with Crippen molar-refractivity contribution in [1.82, 2.24) is 19.9 Å². The molecule has 1 aromatic carbocycles. The molecule has 234 valence electrons. The van der Waals surface area contributed by atoms with Gasteiger partial charge in [-0.15, -0.1) is 11.3 Å². The maximum absolute atomic E-state index is 15.3. The van der Waals surface area contributed by atoms with Gasteiger partial charge >= 0.3 is 0 Å². The number of benzene rings is 1. The normalized spacial score (nSPS) is 19.5. The Balaban J connectivity index is 1.23. The van der Waals surface area contributed by atoms with Crippen LogP contribution in [0.25, 0.3) is 11.0 Å². The van der Waals surface area contributed by atoms with Crippen LogP contribution in [0, 0.1) is 23.6 Å². The van der Waals surface area contributed by atoms with Gasteiger partial charge in [0.1, 0.15) is 11.5 Å². The van der Waals surface area contributed by atoms with Crippen molar-refractivity contribution in [3.05, 3.63) is 74.1 Å². The van der Waals surface area contributed by atoms with E-state index >= 15 is 4.39 Å². The van der Waals surface area contributed by atoms with Crippen molar-refractivity contribution in [2.75, 3.05) is 43.1 Å². The lowest BCUT2D eigenvalue weighted by atomic mass is 9.92. The van der Waals surface area contributed by atoms with Crippen LogP contribution in [0.1, 0.15) is 67.4 Å². The summed E-state index contributed by atoms with van der Waals surface area (Å²) in [5.41, 5.74) is 3.28. The molecular weight excluding hydrogens is 587 g/mol. The molecule has 0 amide bonds. The molecule has 0 spiro atoms. The standard InChI is InChI=1S/C35H39FN6O2S/c1-23-21-41(14-13-37-23)31-9-8-28(19-30(31)36)39-35-38-20-27-18-26(7-6-24-4-2-3-5-24)34(43)42(33(27)40-35)22-32-29(12-17-45-32)25-10-15-44-16-11-25/h8-9,12,17-20,23-25,37H,2-5,10-11,13-16,21-22H2,1H3,(H,38,39,40). The molecule has 0 radical (unpaired) electrons. The summed E-state index contributed by atoms with van der Waals surface area (Å²) in [5, 5.41) is 9.42. The lowest BCUT2D eigenvalue weighted by Crippen LogP contribution is -2.49. The fourth-order valence-electron chi connectivity index (χ4n) is 6.82. The highest BCUT2D eigenvalue weighted by Crippen LogP contribution is 2.33. The molecule has 1 aliphatic carbocycles. The smallest absolute Gasteiger partial charge is 0.268 e. The summed E-state index contributed by atoms with van der Waals surface area (Å²) in [6, 6.07) is 9.44. The Morgan fingerprint density at radius 1 is 1.16 bits per heavy atom. The number of nitrogens with zero attached hydrogens (tertiary/aromatic N) is 4. The number of aromatic nitrogens is 3. The molecule has 1 unspecified atom stereocenters. The first-order valence-corrected chi connectivity index (χ1v) is 17.0. The molecule has 2 saturated heterocycles. The largest absolute Gasteiger partial charge is 0.381 e. The Kier molecular flexibility index (Phi) is 8.83. The predicted octanol–water partition coefficient (Wildman–Crippen LogP) is 6.02. The monoisotopic (exact) mass is 626 g/mol. The molecule has 10 heteroatoms. The van der Waals surface area contributed by atoms with E-state index in [1.54, 1.807) is 28.2 Å². The van der Waals surface area contributed by atoms with Gasteiger partial charge in [-0.3, -0.25) is 9.36 Å². The average molecular weight is 627 g/mol. The highest BCUT2D eigenvalue weighted by atomic mass is 32.1. The number of rotatable bonds is 6. The Morgan fingerprint density at radius 2 is 2.00 bits per heavy atom. The zero-order chi connectivity index (χ0) is 30.8. The van der Waals surface area contributed by atoms with Crippen LogP contribution in [0.3, 0.4) is 0 Å². The van der Waals surface area contributed by atoms with Gasteiger partial charge in [0, 0.05) is 67.0 Å². The molecule has 2 N–H and O–H groups in total. The van der Waals surface area contributed by atoms with Crippen LogP contribution in [-0.4, -0.2) is 53.4 Å². The Bertz CT molecular complexity index is 1800. The van der Waals surface area contributed by atoms with Gasteiger partial charge in [0.25, 0.3) is 5.56 Å². The van der Waals surface area contributed by atoms with Gasteiger partial charge < -0.3 is 20.3 Å². The van der Waals surface area contributed by atoms with Gasteiger partial charge in [0.05, 0.1) is 17.8 Å². The van der Waals surface area contributed by atoms with E-state index in [4.69, 9.17) is 9.72 Å². The van der Waals surface area contributed by atoms with Gasteiger partial charge in [-0.2, -0.15) is 4.98 Å². The Hall–Kier alpha value is -3.78. The van der Waals surface area contributed by atoms with Gasteiger partial charge in [-0.1, -0.05) is 24.7 Å². The summed E-state index contributed by atoms with van der Waals surface area (Å²) in [5.74, 6) is 7.36. The number of fused-ring (bicyclic) bond motifs is 1. The fraction of sp³-hybridized carbons (Fsp3) is 0.457. The van der Waals surface area contributed by atoms with E-state index in [0.717, 1.165) is 68.8 Å². The van der Waals surface area contributed by atoms with Crippen LogP contribution < -0.4 is 21.1 Å². The summed E-state index contributed by atoms with van der Waals surface area (Å²) < 4.78 is 22.6. The first-order valence-electron chi connectivity index (χ1n) is 16.1. The fourth-order valence-corrected chi connectivity index (χ4v) is 7.78. The van der Waals surface area contributed by atoms with Crippen LogP contribution in [0.15, 0.2) is 46.7 Å². The maximum Gasteiger partial charge on any atom is 0.268 e. The number of thiophene rings is 1. The zero-order valence-corrected chi connectivity index (χ0v) is 26.5. The molecule has 45 heavy (non-hydrogen) atoms. The van der Waals surface area contributed by atoms with E-state index in [9.17, 15) is 4.79 Å². The summed E-state index contributed by atoms with van der Waals surface area (Å²) >= 11 is 1.67. The number of nitrogens with one attached hydrogen (secondary N) is 2. The SMILES string of the molecule is CC1CN(c2ccc(Nc3ncc4cc(C#CC5CCCC5)c(=O)n(Cc5sccc5C5CCOCC5)c4n3)cc2F)CCN1. The van der Waals surface area contributed by atoms with Crippen LogP contribution in [-0.2, 0) is 11.3 Å². The topological polar surface area (TPSA) is 84.3 Å². The first kappa shape index (κ1) is 29.9. The third kappa shape index (κ3) is 6.62. The summed E-state index contributed by atoms with van der Waals surface area (Å²) in [4.78, 5) is 26.6. The van der Waals surface area contributed by atoms with E-state index in [-0.39, 0.29) is 11.4 Å². The van der Waals surface area contributed by atoms with Gasteiger partial charge in [0.2, 0.25) is 5.95 Å². The summed E-state index contributed by atoms with van der Waals surface area (Å²) in [6.45, 7) is 6.35. The molecule has 3 aliphatic rings. The number of anilines is 3. The number of piperazine rings is 1. The van der Waals surface area contributed by atoms with E-state index in [2.05, 4.69) is 50.7 Å². The molecule has 3 fully saturated rings. The molecule has 0 bridgehead atoms. The van der Waals surface area contributed by atoms with Gasteiger partial charge in [-0.05, 0) is 79.8 Å². The van der Waals surface area contributed by atoms with Crippen molar-refractivity contribution < 1.29 is 9.13 Å². The van der Waals surface area contributed by atoms with Crippen molar-refractivity contribution in [2.45, 2.75) is 64.0 Å². The predicted molar refractivity (Wildman–Crippen MR) is 178 cm³/mol. The number of hydrogen-bond donors (Lipinski definition) is 2. The highest BCUT2D eigenvalue weighted by Gasteiger charge is 2.22. The number of ether oxygens (including phenoxy) is 1. The lowest BCUT2D eigenvalue weighted by molar-refractivity contribution is 0.0852. The third-order valence-electron chi connectivity index (χ3n) is 9.25. The van der Waals surface area contributed by atoms with Crippen molar-refractivity contribution in [3.63, 3.8) is 0 Å².